The van der Waals surface area contributed by atoms with E-state index in [0.717, 1.165) is 6.42 Å². The Hall–Kier alpha value is -1.76. The topological polar surface area (TPSA) is 87.7 Å². The Labute approximate surface area is 111 Å². The fourth-order valence-corrected chi connectivity index (χ4v) is 1.64. The number of hydrogen-bond acceptors (Lipinski definition) is 5. The summed E-state index contributed by atoms with van der Waals surface area (Å²) in [4.78, 5) is 13.4. The molecule has 1 fully saturated rings. The Balaban J connectivity index is 1.90. The van der Waals surface area contributed by atoms with Gasteiger partial charge in [0.1, 0.15) is 5.60 Å². The van der Waals surface area contributed by atoms with Crippen molar-refractivity contribution in [1.29, 1.82) is 0 Å². The highest BCUT2D eigenvalue weighted by Gasteiger charge is 2.37. The fourth-order valence-electron chi connectivity index (χ4n) is 1.64. The first-order chi connectivity index (χ1) is 8.89. The van der Waals surface area contributed by atoms with Gasteiger partial charge in [-0.05, 0) is 20.8 Å². The lowest BCUT2D eigenvalue weighted by Gasteiger charge is -2.40. The van der Waals surface area contributed by atoms with Crippen molar-refractivity contribution in [3.63, 3.8) is 0 Å². The molecule has 0 aromatic carbocycles. The molecule has 1 aromatic rings. The van der Waals surface area contributed by atoms with Crippen molar-refractivity contribution in [1.82, 2.24) is 15.1 Å². The second kappa shape index (κ2) is 5.08. The highest BCUT2D eigenvalue weighted by Crippen LogP contribution is 2.24. The zero-order chi connectivity index (χ0) is 14.0. The molecule has 2 N–H and O–H groups in total. The zero-order valence-electron chi connectivity index (χ0n) is 11.3. The number of likely N-dealkylation sites (tertiary alicyclic amines) is 1. The van der Waals surface area contributed by atoms with Gasteiger partial charge in [-0.3, -0.25) is 10.00 Å². The van der Waals surface area contributed by atoms with E-state index in [1.54, 1.807) is 6.07 Å². The van der Waals surface area contributed by atoms with Crippen molar-refractivity contribution in [2.45, 2.75) is 45.6 Å². The maximum atomic E-state index is 11.9. The average molecular weight is 269 g/mol. The number of aromatic amines is 1. The van der Waals surface area contributed by atoms with Gasteiger partial charge in [-0.25, -0.2) is 4.79 Å². The van der Waals surface area contributed by atoms with Gasteiger partial charge in [0.15, 0.2) is 6.23 Å². The van der Waals surface area contributed by atoms with E-state index in [-0.39, 0.29) is 18.9 Å². The summed E-state index contributed by atoms with van der Waals surface area (Å²) in [6.45, 7) is 5.94. The Bertz CT molecular complexity index is 452. The number of carbonyl (C=O) groups excluding carboxylic acids is 1. The van der Waals surface area contributed by atoms with Gasteiger partial charge < -0.3 is 14.6 Å². The molecular weight excluding hydrogens is 250 g/mol. The summed E-state index contributed by atoms with van der Waals surface area (Å²) < 4.78 is 10.8. The Morgan fingerprint density at radius 1 is 1.63 bits per heavy atom. The van der Waals surface area contributed by atoms with Gasteiger partial charge in [-0.2, -0.15) is 0 Å². The number of amides is 1. The minimum atomic E-state index is -0.520. The smallest absolute Gasteiger partial charge is 0.413 e. The molecule has 2 rings (SSSR count). The van der Waals surface area contributed by atoms with Crippen LogP contribution in [0.2, 0.25) is 0 Å². The van der Waals surface area contributed by atoms with E-state index in [2.05, 4.69) is 10.2 Å². The van der Waals surface area contributed by atoms with Crippen LogP contribution in [-0.2, 0) is 11.3 Å². The van der Waals surface area contributed by atoms with Crippen LogP contribution in [0.25, 0.3) is 0 Å². The lowest BCUT2D eigenvalue weighted by molar-refractivity contribution is -0.0677. The number of aromatic nitrogens is 2. The van der Waals surface area contributed by atoms with Crippen LogP contribution < -0.4 is 4.74 Å². The van der Waals surface area contributed by atoms with E-state index in [1.807, 2.05) is 20.8 Å². The number of ether oxygens (including phenoxy) is 2. The third-order valence-electron chi connectivity index (χ3n) is 2.63. The molecule has 0 aliphatic carbocycles. The van der Waals surface area contributed by atoms with Crippen molar-refractivity contribution < 1.29 is 19.4 Å². The van der Waals surface area contributed by atoms with Crippen LogP contribution in [0.1, 0.15) is 32.9 Å². The molecule has 106 valence electrons. The molecule has 0 spiro atoms. The predicted octanol–water partition coefficient (Wildman–Crippen LogP) is 1.25. The summed E-state index contributed by atoms with van der Waals surface area (Å²) in [5.41, 5.74) is 0.0475. The van der Waals surface area contributed by atoms with Gasteiger partial charge in [0, 0.05) is 19.0 Å². The summed E-state index contributed by atoms with van der Waals surface area (Å²) in [6, 6.07) is 1.60. The van der Waals surface area contributed by atoms with Crippen LogP contribution in [0, 0.1) is 0 Å². The van der Waals surface area contributed by atoms with Crippen LogP contribution in [0.3, 0.4) is 0 Å². The monoisotopic (exact) mass is 269 g/mol. The van der Waals surface area contributed by atoms with Crippen LogP contribution in [-0.4, -0.2) is 44.7 Å². The van der Waals surface area contributed by atoms with Crippen LogP contribution >= 0.6 is 0 Å². The first-order valence-corrected chi connectivity index (χ1v) is 6.20. The number of carbonyl (C=O) groups is 1. The number of H-pyrrole nitrogens is 1. The number of rotatable bonds is 3. The van der Waals surface area contributed by atoms with Crippen LogP contribution in [0.4, 0.5) is 4.79 Å². The van der Waals surface area contributed by atoms with Gasteiger partial charge in [0.2, 0.25) is 5.88 Å². The minimum absolute atomic E-state index is 0.128. The van der Waals surface area contributed by atoms with Crippen molar-refractivity contribution in [3.05, 3.63) is 11.8 Å². The van der Waals surface area contributed by atoms with Gasteiger partial charge >= 0.3 is 6.09 Å². The molecular formula is C12H19N3O4. The zero-order valence-corrected chi connectivity index (χ0v) is 11.3. The molecule has 1 atom stereocenters. The van der Waals surface area contributed by atoms with Crippen molar-refractivity contribution in [2.75, 3.05) is 6.54 Å². The van der Waals surface area contributed by atoms with E-state index in [9.17, 15) is 4.79 Å². The van der Waals surface area contributed by atoms with Crippen molar-refractivity contribution >= 4 is 6.09 Å². The molecule has 7 nitrogen and oxygen atoms in total. The number of aliphatic hydroxyl groups is 1. The van der Waals surface area contributed by atoms with Gasteiger partial charge in [0.05, 0.1) is 12.3 Å². The second-order valence-corrected chi connectivity index (χ2v) is 5.42. The molecule has 0 saturated carbocycles. The van der Waals surface area contributed by atoms with Crippen molar-refractivity contribution in [2.24, 2.45) is 0 Å². The Morgan fingerprint density at radius 2 is 2.37 bits per heavy atom. The third-order valence-corrected chi connectivity index (χ3v) is 2.63. The Morgan fingerprint density at radius 3 is 2.84 bits per heavy atom. The molecule has 1 unspecified atom stereocenters. The molecule has 1 amide bonds. The number of nitrogens with one attached hydrogen (secondary N) is 1. The summed E-state index contributed by atoms with van der Waals surface area (Å²) in [7, 11) is 0. The predicted molar refractivity (Wildman–Crippen MR) is 66.5 cm³/mol. The lowest BCUT2D eigenvalue weighted by Crippen LogP contribution is -2.55. The minimum Gasteiger partial charge on any atom is -0.452 e. The van der Waals surface area contributed by atoms with Crippen LogP contribution in [0.15, 0.2) is 6.07 Å². The highest BCUT2D eigenvalue weighted by molar-refractivity contribution is 5.69. The number of aliphatic hydroxyl groups excluding tert-OH is 1. The first kappa shape index (κ1) is 13.7. The molecule has 1 aromatic heterocycles. The van der Waals surface area contributed by atoms with Crippen molar-refractivity contribution in [3.8, 4) is 5.88 Å². The van der Waals surface area contributed by atoms with Crippen LogP contribution in [0.5, 0.6) is 5.88 Å². The maximum absolute atomic E-state index is 11.9. The molecule has 2 heterocycles. The summed E-state index contributed by atoms with van der Waals surface area (Å²) in [5, 5.41) is 15.4. The number of nitrogens with zero attached hydrogens (tertiary/aromatic N) is 2. The molecule has 0 radical (unpaired) electrons. The average Bonchev–Trinajstić information content (AvgIpc) is 2.69. The maximum Gasteiger partial charge on any atom is 0.413 e. The number of hydrogen-bond donors (Lipinski definition) is 2. The summed E-state index contributed by atoms with van der Waals surface area (Å²) in [6.07, 6.45) is -0.00744. The van der Waals surface area contributed by atoms with E-state index >= 15 is 0 Å². The quantitative estimate of drug-likeness (QED) is 0.862. The molecule has 1 aliphatic rings. The van der Waals surface area contributed by atoms with E-state index in [4.69, 9.17) is 14.6 Å². The van der Waals surface area contributed by atoms with Gasteiger partial charge in [-0.15, -0.1) is 5.10 Å². The molecule has 1 saturated heterocycles. The largest absolute Gasteiger partial charge is 0.452 e. The normalized spacial score (nSPS) is 18.9. The van der Waals surface area contributed by atoms with E-state index in [1.165, 1.54) is 4.90 Å². The second-order valence-electron chi connectivity index (χ2n) is 5.42. The Kier molecular flexibility index (Phi) is 3.66. The SMILES string of the molecule is CC(C)(C)OC(=O)N1CCC1Oc1cc(CO)[nH]n1. The molecule has 1 aliphatic heterocycles. The molecule has 0 bridgehead atoms. The highest BCUT2D eigenvalue weighted by atomic mass is 16.6. The standard InChI is InChI=1S/C12H19N3O4/c1-12(2,3)19-11(17)15-5-4-10(15)18-9-6-8(7-16)13-14-9/h6,10,16H,4-5,7H2,1-3H3,(H,13,14). The first-order valence-electron chi connectivity index (χ1n) is 6.20. The lowest BCUT2D eigenvalue weighted by atomic mass is 10.2. The van der Waals surface area contributed by atoms with Gasteiger partial charge in [-0.1, -0.05) is 0 Å². The molecule has 19 heavy (non-hydrogen) atoms. The fraction of sp³-hybridized carbons (Fsp3) is 0.667. The summed E-state index contributed by atoms with van der Waals surface area (Å²) >= 11 is 0. The van der Waals surface area contributed by atoms with Gasteiger partial charge in [0.25, 0.3) is 0 Å². The van der Waals surface area contributed by atoms with E-state index in [0.29, 0.717) is 18.1 Å². The summed E-state index contributed by atoms with van der Waals surface area (Å²) in [5.74, 6) is 0.363. The third kappa shape index (κ3) is 3.37. The molecule has 7 heteroatoms. The van der Waals surface area contributed by atoms with E-state index < -0.39 is 5.60 Å².